The van der Waals surface area contributed by atoms with Crippen molar-refractivity contribution in [1.82, 2.24) is 10.3 Å². The van der Waals surface area contributed by atoms with Crippen molar-refractivity contribution in [1.29, 1.82) is 0 Å². The van der Waals surface area contributed by atoms with Crippen molar-refractivity contribution >= 4 is 16.7 Å². The number of para-hydroxylation sites is 1. The Bertz CT molecular complexity index is 1570. The number of aromatic nitrogens is 1. The molecule has 3 nitrogen and oxygen atoms in total. The van der Waals surface area contributed by atoms with Crippen molar-refractivity contribution in [2.24, 2.45) is 0 Å². The zero-order valence-electron chi connectivity index (χ0n) is 20.5. The first-order valence-corrected chi connectivity index (χ1v) is 12.3. The Labute approximate surface area is 219 Å². The molecule has 1 N–H and O–H groups in total. The van der Waals surface area contributed by atoms with E-state index < -0.39 is 11.7 Å². The van der Waals surface area contributed by atoms with Crippen molar-refractivity contribution in [3.63, 3.8) is 0 Å². The molecule has 0 unspecified atom stereocenters. The zero-order chi connectivity index (χ0) is 26.5. The second kappa shape index (κ2) is 11.0. The molecule has 0 spiro atoms. The van der Waals surface area contributed by atoms with Gasteiger partial charge in [0.1, 0.15) is 0 Å². The number of rotatable bonds is 8. The fourth-order valence-corrected chi connectivity index (χ4v) is 4.63. The van der Waals surface area contributed by atoms with E-state index in [9.17, 15) is 18.0 Å². The summed E-state index contributed by atoms with van der Waals surface area (Å²) in [5.41, 5.74) is 3.02. The van der Waals surface area contributed by atoms with Gasteiger partial charge >= 0.3 is 6.18 Å². The first kappa shape index (κ1) is 25.4. The molecule has 0 bridgehead atoms. The summed E-state index contributed by atoms with van der Waals surface area (Å²) >= 11 is 0. The molecule has 4 aromatic carbocycles. The van der Waals surface area contributed by atoms with Crippen LogP contribution in [0.2, 0.25) is 0 Å². The fourth-order valence-electron chi connectivity index (χ4n) is 4.63. The number of fused-ring (bicyclic) bond motifs is 1. The van der Waals surface area contributed by atoms with E-state index in [1.165, 1.54) is 17.8 Å². The molecule has 0 aliphatic carbocycles. The standard InChI is InChI=1S/C32H25F3N2O/c33-32(34,35)28-16-8-15-26-29(27(21-37-30(26)28)31(38)24-12-5-2-6-13-24)25-14-7-11-23(19-25)20-36-18-17-22-9-3-1-4-10-22/h1-16,19,21,36H,17-18,20H2. The molecule has 0 fully saturated rings. The van der Waals surface area contributed by atoms with Gasteiger partial charge in [-0.25, -0.2) is 0 Å². The maximum Gasteiger partial charge on any atom is 0.418 e. The number of halogens is 3. The summed E-state index contributed by atoms with van der Waals surface area (Å²) in [4.78, 5) is 17.7. The Morgan fingerprint density at radius 1 is 0.789 bits per heavy atom. The number of alkyl halides is 3. The van der Waals surface area contributed by atoms with Crippen LogP contribution in [0.1, 0.15) is 32.6 Å². The average Bonchev–Trinajstić information content (AvgIpc) is 2.94. The van der Waals surface area contributed by atoms with Crippen LogP contribution in [-0.2, 0) is 19.1 Å². The highest BCUT2D eigenvalue weighted by molar-refractivity contribution is 6.16. The molecule has 190 valence electrons. The number of hydrogen-bond acceptors (Lipinski definition) is 3. The van der Waals surface area contributed by atoms with Gasteiger partial charge in [-0.3, -0.25) is 9.78 Å². The van der Waals surface area contributed by atoms with Crippen LogP contribution in [0, 0.1) is 0 Å². The van der Waals surface area contributed by atoms with Crippen LogP contribution in [0.15, 0.2) is 109 Å². The quantitative estimate of drug-likeness (QED) is 0.174. The van der Waals surface area contributed by atoms with E-state index in [1.54, 1.807) is 36.4 Å². The molecule has 5 aromatic rings. The van der Waals surface area contributed by atoms with Gasteiger partial charge in [0.2, 0.25) is 0 Å². The van der Waals surface area contributed by atoms with Gasteiger partial charge in [-0.2, -0.15) is 13.2 Å². The molecule has 6 heteroatoms. The Morgan fingerprint density at radius 2 is 1.47 bits per heavy atom. The number of benzene rings is 4. The second-order valence-electron chi connectivity index (χ2n) is 9.05. The van der Waals surface area contributed by atoms with Gasteiger partial charge in [0.25, 0.3) is 0 Å². The molecule has 5 rings (SSSR count). The van der Waals surface area contributed by atoms with Crippen LogP contribution in [0.3, 0.4) is 0 Å². The van der Waals surface area contributed by atoms with E-state index in [-0.39, 0.29) is 22.2 Å². The van der Waals surface area contributed by atoms with Gasteiger partial charge in [0.15, 0.2) is 5.78 Å². The monoisotopic (exact) mass is 510 g/mol. The molecular weight excluding hydrogens is 485 g/mol. The predicted molar refractivity (Wildman–Crippen MR) is 144 cm³/mol. The Balaban J connectivity index is 1.54. The average molecular weight is 511 g/mol. The molecule has 1 heterocycles. The Morgan fingerprint density at radius 3 is 2.21 bits per heavy atom. The number of nitrogens with one attached hydrogen (secondary N) is 1. The second-order valence-corrected chi connectivity index (χ2v) is 9.05. The third kappa shape index (κ3) is 5.50. The topological polar surface area (TPSA) is 42.0 Å². The molecule has 0 saturated heterocycles. The predicted octanol–water partition coefficient (Wildman–Crippen LogP) is 7.48. The Kier molecular flexibility index (Phi) is 7.33. The van der Waals surface area contributed by atoms with Gasteiger partial charge in [-0.1, -0.05) is 91.0 Å². The smallest absolute Gasteiger partial charge is 0.312 e. The number of carbonyl (C=O) groups is 1. The number of ketones is 1. The van der Waals surface area contributed by atoms with Crippen molar-refractivity contribution in [2.75, 3.05) is 6.54 Å². The van der Waals surface area contributed by atoms with Crippen LogP contribution in [-0.4, -0.2) is 17.3 Å². The number of pyridine rings is 1. The summed E-state index contributed by atoms with van der Waals surface area (Å²) < 4.78 is 41.5. The van der Waals surface area contributed by atoms with E-state index >= 15 is 0 Å². The lowest BCUT2D eigenvalue weighted by Gasteiger charge is -2.16. The maximum absolute atomic E-state index is 13.8. The fraction of sp³-hybridized carbons (Fsp3) is 0.125. The largest absolute Gasteiger partial charge is 0.418 e. The van der Waals surface area contributed by atoms with Gasteiger partial charge in [-0.05, 0) is 41.8 Å². The van der Waals surface area contributed by atoms with Crippen LogP contribution in [0.5, 0.6) is 0 Å². The first-order valence-electron chi connectivity index (χ1n) is 12.3. The van der Waals surface area contributed by atoms with Crippen LogP contribution < -0.4 is 5.32 Å². The summed E-state index contributed by atoms with van der Waals surface area (Å²) in [6.45, 7) is 1.36. The highest BCUT2D eigenvalue weighted by Crippen LogP contribution is 2.39. The molecule has 0 atom stereocenters. The van der Waals surface area contributed by atoms with E-state index in [0.29, 0.717) is 23.2 Å². The molecule has 0 aliphatic rings. The van der Waals surface area contributed by atoms with Crippen LogP contribution in [0.25, 0.3) is 22.0 Å². The van der Waals surface area contributed by atoms with E-state index in [2.05, 4.69) is 22.4 Å². The first-order chi connectivity index (χ1) is 18.4. The maximum atomic E-state index is 13.8. The minimum atomic E-state index is -4.57. The van der Waals surface area contributed by atoms with Crippen molar-refractivity contribution in [3.8, 4) is 11.1 Å². The molecule has 0 aliphatic heterocycles. The lowest BCUT2D eigenvalue weighted by molar-refractivity contribution is -0.136. The lowest BCUT2D eigenvalue weighted by atomic mass is 9.90. The zero-order valence-corrected chi connectivity index (χ0v) is 20.5. The van der Waals surface area contributed by atoms with Crippen LogP contribution >= 0.6 is 0 Å². The summed E-state index contributed by atoms with van der Waals surface area (Å²) in [6.07, 6.45) is -2.42. The third-order valence-electron chi connectivity index (χ3n) is 6.46. The molecule has 0 saturated carbocycles. The third-order valence-corrected chi connectivity index (χ3v) is 6.46. The number of carbonyl (C=O) groups excluding carboxylic acids is 1. The SMILES string of the molecule is O=C(c1ccccc1)c1cnc2c(C(F)(F)F)cccc2c1-c1cccc(CNCCc2ccccc2)c1. The summed E-state index contributed by atoms with van der Waals surface area (Å²) in [5.74, 6) is -0.293. The number of hydrogen-bond donors (Lipinski definition) is 1. The van der Waals surface area contributed by atoms with Gasteiger partial charge < -0.3 is 5.32 Å². The van der Waals surface area contributed by atoms with E-state index in [0.717, 1.165) is 24.6 Å². The molecular formula is C32H25F3N2O. The van der Waals surface area contributed by atoms with Gasteiger partial charge in [0, 0.05) is 34.8 Å². The highest BCUT2D eigenvalue weighted by Gasteiger charge is 2.34. The van der Waals surface area contributed by atoms with Crippen molar-refractivity contribution < 1.29 is 18.0 Å². The highest BCUT2D eigenvalue weighted by atomic mass is 19.4. The summed E-state index contributed by atoms with van der Waals surface area (Å²) in [6, 6.07) is 30.4. The van der Waals surface area contributed by atoms with Crippen LogP contribution in [0.4, 0.5) is 13.2 Å². The Hall–Kier alpha value is -4.29. The lowest BCUT2D eigenvalue weighted by Crippen LogP contribution is -2.16. The van der Waals surface area contributed by atoms with E-state index in [1.807, 2.05) is 42.5 Å². The minimum Gasteiger partial charge on any atom is -0.312 e. The van der Waals surface area contributed by atoms with E-state index in [4.69, 9.17) is 0 Å². The molecule has 1 aromatic heterocycles. The molecule has 38 heavy (non-hydrogen) atoms. The minimum absolute atomic E-state index is 0.175. The summed E-state index contributed by atoms with van der Waals surface area (Å²) in [7, 11) is 0. The molecule has 0 radical (unpaired) electrons. The number of nitrogens with zero attached hydrogens (tertiary/aromatic N) is 1. The van der Waals surface area contributed by atoms with Crippen molar-refractivity contribution in [3.05, 3.63) is 137 Å². The molecule has 0 amide bonds. The van der Waals surface area contributed by atoms with Crippen molar-refractivity contribution in [2.45, 2.75) is 19.1 Å². The van der Waals surface area contributed by atoms with Gasteiger partial charge in [0.05, 0.1) is 11.1 Å². The van der Waals surface area contributed by atoms with Gasteiger partial charge in [-0.15, -0.1) is 0 Å². The summed E-state index contributed by atoms with van der Waals surface area (Å²) in [5, 5.41) is 3.72. The normalized spacial score (nSPS) is 11.6.